The molecule has 2 rings (SSSR count). The van der Waals surface area contributed by atoms with Crippen LogP contribution in [0.2, 0.25) is 0 Å². The summed E-state index contributed by atoms with van der Waals surface area (Å²) in [7, 11) is 1.68. The van der Waals surface area contributed by atoms with E-state index in [1.807, 2.05) is 12.1 Å². The summed E-state index contributed by atoms with van der Waals surface area (Å²) in [6, 6.07) is 8.16. The second-order valence-corrected chi connectivity index (χ2v) is 5.47. The van der Waals surface area contributed by atoms with Crippen LogP contribution in [0.15, 0.2) is 36.9 Å². The van der Waals surface area contributed by atoms with Crippen molar-refractivity contribution in [1.82, 2.24) is 4.90 Å². The molecule has 1 aromatic rings. The molecule has 1 aliphatic rings. The van der Waals surface area contributed by atoms with Gasteiger partial charge in [-0.25, -0.2) is 0 Å². The van der Waals surface area contributed by atoms with Crippen LogP contribution in [0.25, 0.3) is 0 Å². The van der Waals surface area contributed by atoms with Crippen LogP contribution in [0, 0.1) is 0 Å². The maximum atomic E-state index is 9.94. The normalized spacial score (nSPS) is 15.8. The lowest BCUT2D eigenvalue weighted by Crippen LogP contribution is -2.49. The number of β-amino-alcohol motifs (C(OH)–C–C–N with tert-alkyl or cyclic N) is 1. The number of hydrogen-bond acceptors (Lipinski definition) is 5. The third kappa shape index (κ3) is 7.28. The van der Waals surface area contributed by atoms with E-state index in [0.717, 1.165) is 31.9 Å². The topological polar surface area (TPSA) is 45.2 Å². The van der Waals surface area contributed by atoms with Gasteiger partial charge in [0.25, 0.3) is 0 Å². The number of anilines is 1. The van der Waals surface area contributed by atoms with E-state index in [4.69, 9.17) is 9.47 Å². The second kappa shape index (κ2) is 12.4. The van der Waals surface area contributed by atoms with E-state index in [1.165, 1.54) is 5.69 Å². The largest absolute Gasteiger partial charge is 0.497 e. The van der Waals surface area contributed by atoms with Crippen LogP contribution in [-0.4, -0.2) is 69.2 Å². The second-order valence-electron chi connectivity index (χ2n) is 5.47. The van der Waals surface area contributed by atoms with Crippen LogP contribution in [0.4, 0.5) is 5.69 Å². The van der Waals surface area contributed by atoms with Crippen molar-refractivity contribution in [2.75, 3.05) is 57.9 Å². The zero-order valence-corrected chi connectivity index (χ0v) is 15.7. The Kier molecular flexibility index (Phi) is 11.9. The van der Waals surface area contributed by atoms with Crippen molar-refractivity contribution in [2.45, 2.75) is 6.10 Å². The van der Waals surface area contributed by atoms with Crippen molar-refractivity contribution in [3.05, 3.63) is 36.9 Å². The van der Waals surface area contributed by atoms with Gasteiger partial charge in [-0.1, -0.05) is 6.08 Å². The smallest absolute Gasteiger partial charge is 0.119 e. The molecule has 1 heterocycles. The Balaban J connectivity index is 0.00000264. The van der Waals surface area contributed by atoms with Gasteiger partial charge in [-0.15, -0.1) is 31.4 Å². The van der Waals surface area contributed by atoms with Gasteiger partial charge >= 0.3 is 0 Å². The molecule has 0 bridgehead atoms. The van der Waals surface area contributed by atoms with Gasteiger partial charge in [0.05, 0.1) is 26.4 Å². The Hall–Kier alpha value is -0.980. The minimum atomic E-state index is -0.438. The van der Waals surface area contributed by atoms with Crippen molar-refractivity contribution in [3.63, 3.8) is 0 Å². The van der Waals surface area contributed by atoms with Crippen molar-refractivity contribution >= 4 is 30.5 Å². The molecule has 138 valence electrons. The van der Waals surface area contributed by atoms with E-state index in [9.17, 15) is 5.11 Å². The molecule has 1 aromatic carbocycles. The highest BCUT2D eigenvalue weighted by Gasteiger charge is 2.19. The van der Waals surface area contributed by atoms with E-state index in [1.54, 1.807) is 13.2 Å². The predicted octanol–water partition coefficient (Wildman–Crippen LogP) is 2.22. The van der Waals surface area contributed by atoms with Crippen LogP contribution < -0.4 is 9.64 Å². The summed E-state index contributed by atoms with van der Waals surface area (Å²) in [5.41, 5.74) is 1.22. The van der Waals surface area contributed by atoms with Crippen LogP contribution in [0.3, 0.4) is 0 Å². The summed E-state index contributed by atoms with van der Waals surface area (Å²) in [6.07, 6.45) is 1.26. The lowest BCUT2D eigenvalue weighted by atomic mass is 10.2. The summed E-state index contributed by atoms with van der Waals surface area (Å²) in [4.78, 5) is 4.64. The highest BCUT2D eigenvalue weighted by atomic mass is 35.5. The molecule has 0 aliphatic carbocycles. The first kappa shape index (κ1) is 23.0. The van der Waals surface area contributed by atoms with Gasteiger partial charge in [0.15, 0.2) is 0 Å². The molecule has 1 fully saturated rings. The van der Waals surface area contributed by atoms with Gasteiger partial charge in [0, 0.05) is 38.4 Å². The summed E-state index contributed by atoms with van der Waals surface area (Å²) in [5.74, 6) is 0.880. The number of hydrogen-bond donors (Lipinski definition) is 1. The molecule has 1 atom stereocenters. The maximum absolute atomic E-state index is 9.94. The van der Waals surface area contributed by atoms with Gasteiger partial charge in [-0.05, 0) is 24.3 Å². The number of rotatable bonds is 8. The average Bonchev–Trinajstić information content (AvgIpc) is 2.56. The van der Waals surface area contributed by atoms with Crippen molar-refractivity contribution < 1.29 is 14.6 Å². The van der Waals surface area contributed by atoms with Crippen LogP contribution in [0.5, 0.6) is 5.75 Å². The standard InChI is InChI=1S/C17H26N2O3.2ClH/c1-3-12-22-14-16(20)13-18-8-10-19(11-9-18)15-4-6-17(21-2)7-5-15;;/h3-7,16,20H,1,8-14H2,2H3;2*1H. The Bertz CT molecular complexity index is 452. The minimum absolute atomic E-state index is 0. The maximum Gasteiger partial charge on any atom is 0.119 e. The Labute approximate surface area is 157 Å². The van der Waals surface area contributed by atoms with Crippen LogP contribution in [0.1, 0.15) is 0 Å². The third-order valence-electron chi connectivity index (χ3n) is 3.82. The fraction of sp³-hybridized carbons (Fsp3) is 0.529. The molecule has 24 heavy (non-hydrogen) atoms. The van der Waals surface area contributed by atoms with Gasteiger partial charge in [-0.2, -0.15) is 0 Å². The van der Waals surface area contributed by atoms with Gasteiger partial charge in [0.2, 0.25) is 0 Å². The summed E-state index contributed by atoms with van der Waals surface area (Å²) in [6.45, 7) is 8.93. The number of aliphatic hydroxyl groups excluding tert-OH is 1. The molecule has 5 nitrogen and oxygen atoms in total. The molecular formula is C17H28Cl2N2O3. The first-order chi connectivity index (χ1) is 10.7. The zero-order valence-electron chi connectivity index (χ0n) is 14.1. The average molecular weight is 379 g/mol. The monoisotopic (exact) mass is 378 g/mol. The number of halogens is 2. The first-order valence-corrected chi connectivity index (χ1v) is 7.71. The lowest BCUT2D eigenvalue weighted by Gasteiger charge is -2.36. The predicted molar refractivity (Wildman–Crippen MR) is 103 cm³/mol. The first-order valence-electron chi connectivity index (χ1n) is 7.71. The van der Waals surface area contributed by atoms with Crippen molar-refractivity contribution in [2.24, 2.45) is 0 Å². The van der Waals surface area contributed by atoms with Gasteiger partial charge < -0.3 is 19.5 Å². The number of piperazine rings is 1. The fourth-order valence-corrected chi connectivity index (χ4v) is 2.62. The molecule has 1 unspecified atom stereocenters. The zero-order chi connectivity index (χ0) is 15.8. The summed E-state index contributed by atoms with van der Waals surface area (Å²) in [5, 5.41) is 9.94. The lowest BCUT2D eigenvalue weighted by molar-refractivity contribution is 0.0252. The molecule has 0 saturated carbocycles. The molecule has 1 saturated heterocycles. The molecule has 0 spiro atoms. The van der Waals surface area contributed by atoms with Crippen molar-refractivity contribution in [3.8, 4) is 5.75 Å². The molecule has 7 heteroatoms. The number of ether oxygens (including phenoxy) is 2. The Morgan fingerprint density at radius 3 is 2.33 bits per heavy atom. The van der Waals surface area contributed by atoms with E-state index < -0.39 is 6.10 Å². The molecule has 1 N–H and O–H groups in total. The number of aliphatic hydroxyl groups is 1. The highest BCUT2D eigenvalue weighted by molar-refractivity contribution is 5.85. The van der Waals surface area contributed by atoms with Gasteiger partial charge in [0.1, 0.15) is 5.75 Å². The minimum Gasteiger partial charge on any atom is -0.497 e. The van der Waals surface area contributed by atoms with Gasteiger partial charge in [-0.3, -0.25) is 4.90 Å². The number of benzene rings is 1. The van der Waals surface area contributed by atoms with Crippen LogP contribution in [-0.2, 0) is 4.74 Å². The van der Waals surface area contributed by atoms with Crippen molar-refractivity contribution in [1.29, 1.82) is 0 Å². The quantitative estimate of drug-likeness (QED) is 0.555. The number of methoxy groups -OCH3 is 1. The Morgan fingerprint density at radius 2 is 1.79 bits per heavy atom. The SMILES string of the molecule is C=CCOCC(O)CN1CCN(c2ccc(OC)cc2)CC1.Cl.Cl. The summed E-state index contributed by atoms with van der Waals surface area (Å²) >= 11 is 0. The highest BCUT2D eigenvalue weighted by Crippen LogP contribution is 2.20. The Morgan fingerprint density at radius 1 is 1.17 bits per heavy atom. The molecule has 0 aromatic heterocycles. The molecule has 0 radical (unpaired) electrons. The van der Waals surface area contributed by atoms with E-state index in [2.05, 4.69) is 28.5 Å². The molecule has 1 aliphatic heterocycles. The third-order valence-corrected chi connectivity index (χ3v) is 3.82. The van der Waals surface area contributed by atoms with E-state index in [-0.39, 0.29) is 24.8 Å². The van der Waals surface area contributed by atoms with Crippen LogP contribution >= 0.6 is 24.8 Å². The fourth-order valence-electron chi connectivity index (χ4n) is 2.62. The molecular weight excluding hydrogens is 351 g/mol. The molecule has 0 amide bonds. The van der Waals surface area contributed by atoms with E-state index in [0.29, 0.717) is 19.8 Å². The van der Waals surface area contributed by atoms with E-state index >= 15 is 0 Å². The summed E-state index contributed by atoms with van der Waals surface area (Å²) < 4.78 is 10.5. The number of nitrogens with zero attached hydrogens (tertiary/aromatic N) is 2.